The Morgan fingerprint density at radius 2 is 1.11 bits per heavy atom. The van der Waals surface area contributed by atoms with Gasteiger partial charge in [0.2, 0.25) is 0 Å². The van der Waals surface area contributed by atoms with Crippen LogP contribution in [0.2, 0.25) is 37.3 Å². The minimum Gasteiger partial charge on any atom is -1.00 e. The third-order valence-corrected chi connectivity index (χ3v) is 22.5. The molecule has 27 heavy (non-hydrogen) atoms. The Hall–Kier alpha value is 0.857. The third kappa shape index (κ3) is 4.20. The molecule has 4 aliphatic rings. The molecular weight excluding hydrogens is 483 g/mol. The van der Waals surface area contributed by atoms with Gasteiger partial charge in [0.25, 0.3) is 0 Å². The van der Waals surface area contributed by atoms with Crippen molar-refractivity contribution in [3.8, 4) is 0 Å². The largest absolute Gasteiger partial charge is 1.00 e. The summed E-state index contributed by atoms with van der Waals surface area (Å²) in [7, 11) is -2.07. The summed E-state index contributed by atoms with van der Waals surface area (Å²) in [6.45, 7) is 10.2. The summed E-state index contributed by atoms with van der Waals surface area (Å²) in [6, 6.07) is 6.31. The second kappa shape index (κ2) is 9.34. The molecule has 2 aliphatic carbocycles. The van der Waals surface area contributed by atoms with Gasteiger partial charge in [-0.05, 0) is 0 Å². The molecule has 0 nitrogen and oxygen atoms in total. The van der Waals surface area contributed by atoms with Gasteiger partial charge in [-0.3, -0.25) is 0 Å². The molecule has 0 aromatic heterocycles. The quantitative estimate of drug-likeness (QED) is 0.464. The number of hydrogen-bond acceptors (Lipinski definition) is 0. The van der Waals surface area contributed by atoms with Crippen molar-refractivity contribution < 1.29 is 48.0 Å². The zero-order valence-electron chi connectivity index (χ0n) is 17.5. The summed E-state index contributed by atoms with van der Waals surface area (Å²) in [5.74, 6) is 0. The first-order valence-corrected chi connectivity index (χ1v) is 18.9. The minimum absolute atomic E-state index is 0. The van der Waals surface area contributed by atoms with Gasteiger partial charge in [-0.15, -0.1) is 0 Å². The van der Waals surface area contributed by atoms with Crippen molar-refractivity contribution in [2.75, 3.05) is 0 Å². The topological polar surface area (TPSA) is 0 Å². The standard InChI is InChI=1S/2C11H17Si.2ClH.Zr/c2*1-3-10-5-6-11(9-10)12(2)7-4-8-12;;;/h2*6H,3-5,7-8H2,1-2H3;2*1H;/q;;;;+2/p-2. The van der Waals surface area contributed by atoms with Crippen LogP contribution in [-0.2, 0) is 23.2 Å². The molecule has 0 saturated carbocycles. The van der Waals surface area contributed by atoms with Crippen LogP contribution in [0.1, 0.15) is 52.4 Å². The summed E-state index contributed by atoms with van der Waals surface area (Å²) in [5, 5.41) is 3.94. The van der Waals surface area contributed by atoms with Crippen LogP contribution in [0.4, 0.5) is 0 Å². The van der Waals surface area contributed by atoms with E-state index in [-0.39, 0.29) is 24.8 Å². The average molecular weight is 517 g/mol. The van der Waals surface area contributed by atoms with Crippen LogP contribution in [0, 0.1) is 0 Å². The van der Waals surface area contributed by atoms with E-state index in [2.05, 4.69) is 39.1 Å². The first kappa shape index (κ1) is 24.1. The van der Waals surface area contributed by atoms with E-state index in [9.17, 15) is 0 Å². The number of halogens is 2. The SMILES string of the molecule is CCC1=[C]([Zr+2][C]2=C(CC)CC=C2[Si]2(C)CCC2)C([Si]2(C)CCC2)=CC1.[Cl-].[Cl-]. The molecular formula is C22H34Cl2Si2Zr. The van der Waals surface area contributed by atoms with Gasteiger partial charge >= 0.3 is 169 Å². The molecule has 0 bridgehead atoms. The van der Waals surface area contributed by atoms with Gasteiger partial charge in [-0.25, -0.2) is 0 Å². The molecule has 0 radical (unpaired) electrons. The monoisotopic (exact) mass is 514 g/mol. The molecule has 0 N–H and O–H groups in total. The summed E-state index contributed by atoms with van der Waals surface area (Å²) in [4.78, 5) is 0. The molecule has 2 heterocycles. The van der Waals surface area contributed by atoms with Crippen LogP contribution < -0.4 is 24.8 Å². The molecule has 148 valence electrons. The fourth-order valence-electron chi connectivity index (χ4n) is 5.37. The van der Waals surface area contributed by atoms with Crippen molar-refractivity contribution in [1.82, 2.24) is 0 Å². The third-order valence-electron chi connectivity index (χ3n) is 7.67. The Labute approximate surface area is 192 Å². The second-order valence-corrected chi connectivity index (χ2v) is 21.7. The zero-order valence-corrected chi connectivity index (χ0v) is 23.5. The maximum Gasteiger partial charge on any atom is -1.00 e. The van der Waals surface area contributed by atoms with Crippen LogP contribution in [0.15, 0.2) is 40.3 Å². The Kier molecular flexibility index (Phi) is 8.34. The molecule has 5 heteroatoms. The van der Waals surface area contributed by atoms with Gasteiger partial charge in [-0.2, -0.15) is 0 Å². The molecule has 4 rings (SSSR count). The number of hydrogen-bond donors (Lipinski definition) is 0. The van der Waals surface area contributed by atoms with Crippen molar-refractivity contribution in [3.05, 3.63) is 40.3 Å². The van der Waals surface area contributed by atoms with E-state index in [1.807, 2.05) is 28.1 Å². The van der Waals surface area contributed by atoms with E-state index in [0.29, 0.717) is 0 Å². The van der Waals surface area contributed by atoms with E-state index in [1.165, 1.54) is 38.5 Å². The molecule has 2 aliphatic heterocycles. The van der Waals surface area contributed by atoms with E-state index >= 15 is 0 Å². The summed E-state index contributed by atoms with van der Waals surface area (Å²) < 4.78 is 4.01. The number of allylic oxidation sites excluding steroid dienone is 8. The second-order valence-electron chi connectivity index (χ2n) is 9.26. The van der Waals surface area contributed by atoms with Crippen molar-refractivity contribution in [3.63, 3.8) is 0 Å². The maximum atomic E-state index is 2.72. The molecule has 0 unspecified atom stereocenters. The average Bonchev–Trinajstić information content (AvgIpc) is 3.15. The molecule has 0 atom stereocenters. The predicted molar refractivity (Wildman–Crippen MR) is 112 cm³/mol. The Balaban J connectivity index is 0.00000131. The van der Waals surface area contributed by atoms with Crippen LogP contribution >= 0.6 is 0 Å². The van der Waals surface area contributed by atoms with Crippen molar-refractivity contribution in [2.24, 2.45) is 0 Å². The molecule has 0 aromatic rings. The molecule has 0 amide bonds. The van der Waals surface area contributed by atoms with Crippen molar-refractivity contribution >= 4 is 16.1 Å². The fourth-order valence-corrected chi connectivity index (χ4v) is 21.2. The van der Waals surface area contributed by atoms with Gasteiger partial charge in [0.1, 0.15) is 0 Å². The van der Waals surface area contributed by atoms with Crippen LogP contribution in [0.3, 0.4) is 0 Å². The van der Waals surface area contributed by atoms with E-state index in [1.54, 1.807) is 24.2 Å². The number of rotatable bonds is 6. The van der Waals surface area contributed by atoms with Gasteiger partial charge in [-0.1, -0.05) is 0 Å². The summed E-state index contributed by atoms with van der Waals surface area (Å²) >= 11 is -0.617. The Morgan fingerprint density at radius 3 is 1.37 bits per heavy atom. The van der Waals surface area contributed by atoms with Gasteiger partial charge in [0, 0.05) is 0 Å². The molecule has 2 saturated heterocycles. The minimum atomic E-state index is -1.04. The maximum absolute atomic E-state index is 2.72. The van der Waals surface area contributed by atoms with E-state index in [0.717, 1.165) is 0 Å². The van der Waals surface area contributed by atoms with E-state index < -0.39 is 39.4 Å². The summed E-state index contributed by atoms with van der Waals surface area (Å²) in [6.07, 6.45) is 13.7. The van der Waals surface area contributed by atoms with Crippen molar-refractivity contribution in [2.45, 2.75) is 89.6 Å². The van der Waals surface area contributed by atoms with E-state index in [4.69, 9.17) is 0 Å². The van der Waals surface area contributed by atoms with Gasteiger partial charge in [0.15, 0.2) is 0 Å². The Bertz CT molecular complexity index is 650. The fraction of sp³-hybridized carbons (Fsp3) is 0.636. The smallest absolute Gasteiger partial charge is 1.00 e. The predicted octanol–water partition coefficient (Wildman–Crippen LogP) is 1.11. The first-order valence-electron chi connectivity index (χ1n) is 10.6. The molecule has 0 spiro atoms. The van der Waals surface area contributed by atoms with Crippen molar-refractivity contribution in [1.29, 1.82) is 0 Å². The van der Waals surface area contributed by atoms with Crippen LogP contribution in [0.25, 0.3) is 0 Å². The Morgan fingerprint density at radius 1 is 0.741 bits per heavy atom. The molecule has 2 fully saturated rings. The van der Waals surface area contributed by atoms with Crippen LogP contribution in [-0.4, -0.2) is 16.1 Å². The molecule has 0 aromatic carbocycles. The summed E-state index contributed by atoms with van der Waals surface area (Å²) in [5.41, 5.74) is 3.72. The van der Waals surface area contributed by atoms with Gasteiger partial charge in [0.05, 0.1) is 0 Å². The normalized spacial score (nSPS) is 24.9. The van der Waals surface area contributed by atoms with Crippen LogP contribution in [0.5, 0.6) is 0 Å². The van der Waals surface area contributed by atoms with Gasteiger partial charge < -0.3 is 24.8 Å². The zero-order chi connectivity index (χ0) is 17.7. The first-order chi connectivity index (χ1) is 12.0.